The molecule has 0 saturated heterocycles. The molecule has 30 heavy (non-hydrogen) atoms. The SMILES string of the molecule is CSc1ccc(NC(=O)CO/N=C(/N)c2ccc(OCc3cccnc3)cc2)cc1. The van der Waals surface area contributed by atoms with Crippen LogP contribution in [0.15, 0.2) is 83.1 Å². The number of thioether (sulfide) groups is 1. The maximum Gasteiger partial charge on any atom is 0.265 e. The standard InChI is InChI=1S/C22H22N4O3S/c1-30-20-10-6-18(7-11-20)25-21(27)15-29-26-22(23)17-4-8-19(9-5-17)28-14-16-3-2-12-24-13-16/h2-13H,14-15H2,1H3,(H2,23,26)(H,25,27). The quantitative estimate of drug-likeness (QED) is 0.236. The third-order valence-electron chi connectivity index (χ3n) is 4.01. The molecule has 0 unspecified atom stereocenters. The first kappa shape index (κ1) is 21.2. The first-order valence-corrected chi connectivity index (χ1v) is 10.4. The summed E-state index contributed by atoms with van der Waals surface area (Å²) in [6.07, 6.45) is 5.47. The lowest BCUT2D eigenvalue weighted by Gasteiger charge is -2.07. The summed E-state index contributed by atoms with van der Waals surface area (Å²) in [6.45, 7) is 0.187. The molecule has 1 amide bonds. The van der Waals surface area contributed by atoms with E-state index in [1.807, 2.05) is 42.7 Å². The minimum absolute atomic E-state index is 0.172. The second kappa shape index (κ2) is 10.9. The molecule has 2 aromatic carbocycles. The summed E-state index contributed by atoms with van der Waals surface area (Å²) in [6, 6.07) is 18.5. The molecule has 7 nitrogen and oxygen atoms in total. The fourth-order valence-corrected chi connectivity index (χ4v) is 2.86. The Kier molecular flexibility index (Phi) is 7.68. The normalized spacial score (nSPS) is 11.0. The zero-order valence-corrected chi connectivity index (χ0v) is 17.3. The smallest absolute Gasteiger partial charge is 0.265 e. The molecule has 0 bridgehead atoms. The number of nitrogens with two attached hydrogens (primary N) is 1. The van der Waals surface area contributed by atoms with Gasteiger partial charge in [-0.3, -0.25) is 9.78 Å². The fourth-order valence-electron chi connectivity index (χ4n) is 2.46. The number of aromatic nitrogens is 1. The van der Waals surface area contributed by atoms with Crippen LogP contribution in [0.3, 0.4) is 0 Å². The highest BCUT2D eigenvalue weighted by Crippen LogP contribution is 2.17. The summed E-state index contributed by atoms with van der Waals surface area (Å²) >= 11 is 1.63. The molecule has 0 atom stereocenters. The van der Waals surface area contributed by atoms with Crippen molar-refractivity contribution in [3.05, 3.63) is 84.2 Å². The van der Waals surface area contributed by atoms with Crippen molar-refractivity contribution < 1.29 is 14.4 Å². The summed E-state index contributed by atoms with van der Waals surface area (Å²) in [5, 5.41) is 6.55. The zero-order valence-electron chi connectivity index (χ0n) is 16.4. The molecule has 3 N–H and O–H groups in total. The van der Waals surface area contributed by atoms with E-state index in [2.05, 4.69) is 15.5 Å². The van der Waals surface area contributed by atoms with Crippen LogP contribution < -0.4 is 15.8 Å². The Morgan fingerprint density at radius 3 is 2.57 bits per heavy atom. The number of carbonyl (C=O) groups excluding carboxylic acids is 1. The number of ether oxygens (including phenoxy) is 1. The lowest BCUT2D eigenvalue weighted by atomic mass is 10.2. The minimum atomic E-state index is -0.317. The van der Waals surface area contributed by atoms with E-state index in [-0.39, 0.29) is 18.3 Å². The molecule has 0 aliphatic heterocycles. The number of carbonyl (C=O) groups is 1. The Morgan fingerprint density at radius 1 is 1.13 bits per heavy atom. The summed E-state index contributed by atoms with van der Waals surface area (Å²) in [5.41, 5.74) is 8.26. The van der Waals surface area contributed by atoms with Gasteiger partial charge in [-0.15, -0.1) is 11.8 Å². The summed E-state index contributed by atoms with van der Waals surface area (Å²) in [5.74, 6) is 0.553. The molecular formula is C22H22N4O3S. The van der Waals surface area contributed by atoms with Gasteiger partial charge in [0.25, 0.3) is 5.91 Å². The molecule has 3 rings (SSSR count). The number of oxime groups is 1. The van der Waals surface area contributed by atoms with Crippen molar-refractivity contribution in [2.24, 2.45) is 10.9 Å². The van der Waals surface area contributed by atoms with Gasteiger partial charge >= 0.3 is 0 Å². The van der Waals surface area contributed by atoms with Crippen LogP contribution in [0.4, 0.5) is 5.69 Å². The first-order valence-electron chi connectivity index (χ1n) is 9.15. The number of rotatable bonds is 9. The van der Waals surface area contributed by atoms with Gasteiger partial charge in [-0.1, -0.05) is 11.2 Å². The van der Waals surface area contributed by atoms with Crippen LogP contribution in [-0.4, -0.2) is 29.6 Å². The average molecular weight is 423 g/mol. The van der Waals surface area contributed by atoms with Crippen LogP contribution in [0.25, 0.3) is 0 Å². The number of amides is 1. The van der Waals surface area contributed by atoms with Crippen molar-refractivity contribution in [3.8, 4) is 5.75 Å². The predicted octanol–water partition coefficient (Wildman–Crippen LogP) is 3.66. The van der Waals surface area contributed by atoms with E-state index < -0.39 is 0 Å². The van der Waals surface area contributed by atoms with Crippen molar-refractivity contribution in [2.45, 2.75) is 11.5 Å². The minimum Gasteiger partial charge on any atom is -0.489 e. The van der Waals surface area contributed by atoms with Gasteiger partial charge in [-0.2, -0.15) is 0 Å². The van der Waals surface area contributed by atoms with E-state index in [9.17, 15) is 4.79 Å². The van der Waals surface area contributed by atoms with Crippen LogP contribution in [0.1, 0.15) is 11.1 Å². The van der Waals surface area contributed by atoms with Gasteiger partial charge in [0.2, 0.25) is 0 Å². The molecule has 8 heteroatoms. The second-order valence-corrected chi connectivity index (χ2v) is 7.08. The number of pyridine rings is 1. The summed E-state index contributed by atoms with van der Waals surface area (Å²) < 4.78 is 5.70. The molecule has 3 aromatic rings. The molecule has 0 radical (unpaired) electrons. The first-order chi connectivity index (χ1) is 14.6. The molecular weight excluding hydrogens is 400 g/mol. The molecule has 0 spiro atoms. The van der Waals surface area contributed by atoms with Crippen molar-refractivity contribution in [3.63, 3.8) is 0 Å². The number of benzene rings is 2. The topological polar surface area (TPSA) is 98.8 Å². The van der Waals surface area contributed by atoms with Crippen LogP contribution >= 0.6 is 11.8 Å². The van der Waals surface area contributed by atoms with E-state index in [0.717, 1.165) is 10.5 Å². The Labute approximate surface area is 179 Å². The number of hydrogen-bond acceptors (Lipinski definition) is 6. The zero-order chi connectivity index (χ0) is 21.2. The summed E-state index contributed by atoms with van der Waals surface area (Å²) in [4.78, 5) is 22.2. The highest BCUT2D eigenvalue weighted by Gasteiger charge is 2.05. The van der Waals surface area contributed by atoms with Crippen LogP contribution in [0.2, 0.25) is 0 Å². The van der Waals surface area contributed by atoms with Gasteiger partial charge < -0.3 is 20.6 Å². The highest BCUT2D eigenvalue weighted by atomic mass is 32.2. The third kappa shape index (κ3) is 6.52. The summed E-state index contributed by atoms with van der Waals surface area (Å²) in [7, 11) is 0. The van der Waals surface area contributed by atoms with E-state index >= 15 is 0 Å². The number of amidine groups is 1. The lowest BCUT2D eigenvalue weighted by Crippen LogP contribution is -2.19. The maximum absolute atomic E-state index is 11.9. The van der Waals surface area contributed by atoms with E-state index in [0.29, 0.717) is 23.6 Å². The van der Waals surface area contributed by atoms with Crippen molar-refractivity contribution >= 4 is 29.2 Å². The number of nitrogens with one attached hydrogen (secondary N) is 1. The molecule has 0 fully saturated rings. The lowest BCUT2D eigenvalue weighted by molar-refractivity contribution is -0.120. The Morgan fingerprint density at radius 2 is 1.90 bits per heavy atom. The Hall–Kier alpha value is -3.52. The number of hydrogen-bond donors (Lipinski definition) is 2. The van der Waals surface area contributed by atoms with Crippen LogP contribution in [0.5, 0.6) is 5.75 Å². The molecule has 1 heterocycles. The molecule has 1 aromatic heterocycles. The van der Waals surface area contributed by atoms with Crippen LogP contribution in [0, 0.1) is 0 Å². The second-order valence-electron chi connectivity index (χ2n) is 6.20. The molecule has 0 aliphatic rings. The van der Waals surface area contributed by atoms with Gasteiger partial charge in [0.1, 0.15) is 12.4 Å². The highest BCUT2D eigenvalue weighted by molar-refractivity contribution is 7.98. The third-order valence-corrected chi connectivity index (χ3v) is 4.75. The van der Waals surface area contributed by atoms with Crippen molar-refractivity contribution in [1.82, 2.24) is 4.98 Å². The Bertz CT molecular complexity index is 978. The number of anilines is 1. The van der Waals surface area contributed by atoms with Crippen LogP contribution in [-0.2, 0) is 16.2 Å². The van der Waals surface area contributed by atoms with E-state index in [1.165, 1.54) is 0 Å². The molecule has 154 valence electrons. The van der Waals surface area contributed by atoms with E-state index in [1.54, 1.807) is 48.4 Å². The Balaban J connectivity index is 1.45. The number of nitrogens with zero attached hydrogens (tertiary/aromatic N) is 2. The monoisotopic (exact) mass is 422 g/mol. The van der Waals surface area contributed by atoms with Gasteiger partial charge in [0.15, 0.2) is 12.4 Å². The largest absolute Gasteiger partial charge is 0.489 e. The maximum atomic E-state index is 11.9. The van der Waals surface area contributed by atoms with E-state index in [4.69, 9.17) is 15.3 Å². The van der Waals surface area contributed by atoms with Gasteiger partial charge in [-0.25, -0.2) is 0 Å². The molecule has 0 aliphatic carbocycles. The predicted molar refractivity (Wildman–Crippen MR) is 119 cm³/mol. The van der Waals surface area contributed by atoms with Gasteiger partial charge in [0.05, 0.1) is 0 Å². The van der Waals surface area contributed by atoms with Gasteiger partial charge in [-0.05, 0) is 60.9 Å². The average Bonchev–Trinajstić information content (AvgIpc) is 2.79. The molecule has 0 saturated carbocycles. The fraction of sp³-hybridized carbons (Fsp3) is 0.136. The van der Waals surface area contributed by atoms with Crippen molar-refractivity contribution in [2.75, 3.05) is 18.2 Å². The van der Waals surface area contributed by atoms with Crippen molar-refractivity contribution in [1.29, 1.82) is 0 Å². The van der Waals surface area contributed by atoms with Gasteiger partial charge in [0, 0.05) is 34.1 Å².